The van der Waals surface area contributed by atoms with Crippen LogP contribution in [0.3, 0.4) is 0 Å². The molecule has 77 heavy (non-hydrogen) atoms. The number of unbranched alkanes of at least 4 members (excludes halogenated alkanes) is 1. The number of methoxy groups -OCH3 is 3. The molecule has 1 aliphatic carbocycles. The van der Waals surface area contributed by atoms with Gasteiger partial charge >= 0.3 is 17.9 Å². The number of ether oxygens (including phenoxy) is 9. The summed E-state index contributed by atoms with van der Waals surface area (Å²) in [6.45, 7) is 20.6. The smallest absolute Gasteiger partial charge is 0.303 e. The lowest BCUT2D eigenvalue weighted by molar-refractivity contribution is -0.277. The molecule has 21 heteroatoms. The molecule has 1 heterocycles. The monoisotopic (exact) mass is 1090 g/mol. The van der Waals surface area contributed by atoms with Crippen LogP contribution in [0, 0.1) is 12.5 Å². The van der Waals surface area contributed by atoms with Crippen molar-refractivity contribution in [3.63, 3.8) is 0 Å². The molecule has 2 amide bonds. The first-order valence-electron chi connectivity index (χ1n) is 25.9. The standard InChI is InChI=1S/C56H77N4O16P/c1-35(2)60(36(3)4)77(72-31-29-57-9)76-51-41(33-71-56(42-18-14-13-15-19-42,43-21-25-45(66-10)26-22-43)44-23-27-46(67-11)28-24-44)32-47(52(51)68-12)59-49(65)20-16-17-30-69-55-50(58-37(5)61)54(74-40(8)64)53(73-39(7)63)48(75-55)34-70-38(6)62/h13-15,18-19,21-28,35-36,41,47-48,50-55H,16-17,20,29-34H2,1-8,10-12H3,(H,58,61)(H,59,65)/t41-,47+,48-,50-,51?,52-,53+,54-,55-,77?/m1/s1. The Kier molecular flexibility index (Phi) is 24.5. The minimum atomic E-state index is -1.76. The first-order valence-corrected chi connectivity index (χ1v) is 27.0. The molecule has 20 nitrogen and oxygen atoms in total. The van der Waals surface area contributed by atoms with Gasteiger partial charge in [0, 0.05) is 65.8 Å². The van der Waals surface area contributed by atoms with Crippen LogP contribution in [-0.2, 0) is 71.8 Å². The fourth-order valence-corrected chi connectivity index (χ4v) is 11.6. The van der Waals surface area contributed by atoms with E-state index in [-0.39, 0.29) is 63.3 Å². The molecule has 2 aliphatic rings. The second kappa shape index (κ2) is 30.4. The second-order valence-electron chi connectivity index (χ2n) is 19.3. The third kappa shape index (κ3) is 17.1. The van der Waals surface area contributed by atoms with E-state index in [4.69, 9.17) is 58.3 Å². The van der Waals surface area contributed by atoms with Crippen molar-refractivity contribution < 1.29 is 75.7 Å². The summed E-state index contributed by atoms with van der Waals surface area (Å²) in [7, 11) is 3.07. The number of hydrogen-bond donors (Lipinski definition) is 2. The van der Waals surface area contributed by atoms with Gasteiger partial charge in [-0.25, -0.2) is 11.2 Å². The Morgan fingerprint density at radius 3 is 1.83 bits per heavy atom. The summed E-state index contributed by atoms with van der Waals surface area (Å²) < 4.78 is 69.2. The predicted molar refractivity (Wildman–Crippen MR) is 284 cm³/mol. The molecule has 1 saturated heterocycles. The van der Waals surface area contributed by atoms with Crippen molar-refractivity contribution in [2.45, 2.75) is 148 Å². The molecule has 3 aromatic rings. The Morgan fingerprint density at radius 2 is 1.31 bits per heavy atom. The lowest BCUT2D eigenvalue weighted by Crippen LogP contribution is -2.66. The highest BCUT2D eigenvalue weighted by molar-refractivity contribution is 7.44. The highest BCUT2D eigenvalue weighted by atomic mass is 31.2. The van der Waals surface area contributed by atoms with Gasteiger partial charge in [-0.05, 0) is 87.9 Å². The fourth-order valence-electron chi connectivity index (χ4n) is 9.84. The van der Waals surface area contributed by atoms with Gasteiger partial charge in [-0.2, -0.15) is 0 Å². The number of nitrogens with one attached hydrogen (secondary N) is 2. The number of nitrogens with zero attached hydrogens (tertiary/aromatic N) is 2. The van der Waals surface area contributed by atoms with E-state index in [1.54, 1.807) is 21.3 Å². The number of carbonyl (C=O) groups excluding carboxylic acids is 5. The molecular weight excluding hydrogens is 1020 g/mol. The topological polar surface area (TPSA) is 219 Å². The summed E-state index contributed by atoms with van der Waals surface area (Å²) >= 11 is 0. The molecule has 5 rings (SSSR count). The van der Waals surface area contributed by atoms with Gasteiger partial charge in [0.25, 0.3) is 8.53 Å². The minimum absolute atomic E-state index is 0.0117. The number of amides is 2. The first-order chi connectivity index (χ1) is 36.9. The molecule has 3 aromatic carbocycles. The van der Waals surface area contributed by atoms with Gasteiger partial charge in [-0.3, -0.25) is 24.0 Å². The van der Waals surface area contributed by atoms with Crippen LogP contribution < -0.4 is 20.1 Å². The average molecular weight is 1090 g/mol. The van der Waals surface area contributed by atoms with Crippen LogP contribution in [0.5, 0.6) is 11.5 Å². The zero-order valence-electron chi connectivity index (χ0n) is 46.1. The number of esters is 3. The van der Waals surface area contributed by atoms with E-state index in [1.807, 2.05) is 78.9 Å². The van der Waals surface area contributed by atoms with Crippen molar-refractivity contribution in [1.29, 1.82) is 0 Å². The number of carbonyl (C=O) groups is 5. The summed E-state index contributed by atoms with van der Waals surface area (Å²) in [4.78, 5) is 66.4. The Labute approximate surface area is 454 Å². The highest BCUT2D eigenvalue weighted by Crippen LogP contribution is 2.51. The molecule has 2 fully saturated rings. The zero-order chi connectivity index (χ0) is 56.2. The average Bonchev–Trinajstić information content (AvgIpc) is 3.74. The quantitative estimate of drug-likeness (QED) is 0.0178. The van der Waals surface area contributed by atoms with Crippen molar-refractivity contribution in [2.24, 2.45) is 5.92 Å². The maximum atomic E-state index is 14.1. The van der Waals surface area contributed by atoms with Gasteiger partial charge in [0.05, 0.1) is 33.0 Å². The molecule has 2 unspecified atom stereocenters. The van der Waals surface area contributed by atoms with Crippen LogP contribution in [0.25, 0.3) is 4.85 Å². The second-order valence-corrected chi connectivity index (χ2v) is 20.7. The summed E-state index contributed by atoms with van der Waals surface area (Å²) in [6, 6.07) is 23.9. The van der Waals surface area contributed by atoms with Crippen LogP contribution in [0.2, 0.25) is 0 Å². The summed E-state index contributed by atoms with van der Waals surface area (Å²) in [5.74, 6) is -1.84. The summed E-state index contributed by atoms with van der Waals surface area (Å²) in [5, 5.41) is 5.93. The van der Waals surface area contributed by atoms with E-state index in [2.05, 4.69) is 47.8 Å². The third-order valence-corrected chi connectivity index (χ3v) is 15.2. The number of benzene rings is 3. The van der Waals surface area contributed by atoms with E-state index in [0.29, 0.717) is 30.8 Å². The Bertz CT molecular complexity index is 2330. The van der Waals surface area contributed by atoms with Crippen LogP contribution in [0.15, 0.2) is 78.9 Å². The van der Waals surface area contributed by atoms with Gasteiger partial charge in [-0.1, -0.05) is 54.6 Å². The van der Waals surface area contributed by atoms with Gasteiger partial charge in [0.15, 0.2) is 18.5 Å². The Morgan fingerprint density at radius 1 is 0.727 bits per heavy atom. The molecule has 422 valence electrons. The molecule has 0 spiro atoms. The molecule has 1 saturated carbocycles. The molecular formula is C56H77N4O16P. The molecule has 2 N–H and O–H groups in total. The van der Waals surface area contributed by atoms with E-state index < -0.39 is 86.8 Å². The van der Waals surface area contributed by atoms with Crippen molar-refractivity contribution in [1.82, 2.24) is 15.3 Å². The van der Waals surface area contributed by atoms with E-state index in [9.17, 15) is 24.0 Å². The lowest BCUT2D eigenvalue weighted by atomic mass is 9.79. The SMILES string of the molecule is [C-]#[N+]CCOP(OC1[C@@H](COC(c2ccccc2)(c2ccc(OC)cc2)c2ccc(OC)cc2)C[C@H](NC(=O)CCCCO[C@@H]2O[C@H](COC(C)=O)[C@H](OC(C)=O)[C@H](OC(C)=O)[C@H]2NC(C)=O)[C@H]1OC)N(C(C)C)C(C)C. The van der Waals surface area contributed by atoms with Crippen molar-refractivity contribution in [3.05, 3.63) is 107 Å². The van der Waals surface area contributed by atoms with Crippen molar-refractivity contribution >= 4 is 38.2 Å². The van der Waals surface area contributed by atoms with Gasteiger partial charge in [-0.15, -0.1) is 0 Å². The molecule has 0 bridgehead atoms. The zero-order valence-corrected chi connectivity index (χ0v) is 47.0. The van der Waals surface area contributed by atoms with Crippen molar-refractivity contribution in [2.75, 3.05) is 54.3 Å². The van der Waals surface area contributed by atoms with Gasteiger partial charge < -0.3 is 67.2 Å². The maximum absolute atomic E-state index is 14.1. The van der Waals surface area contributed by atoms with Crippen molar-refractivity contribution in [3.8, 4) is 11.5 Å². The normalized spacial score (nSPS) is 22.7. The van der Waals surface area contributed by atoms with Crippen LogP contribution in [0.4, 0.5) is 0 Å². The maximum Gasteiger partial charge on any atom is 0.303 e. The fraction of sp³-hybridized carbons (Fsp3) is 0.571. The first kappa shape index (κ1) is 62.1. The number of hydrogen-bond acceptors (Lipinski definition) is 17. The Balaban J connectivity index is 1.41. The van der Waals surface area contributed by atoms with Crippen LogP contribution >= 0.6 is 8.53 Å². The molecule has 0 aromatic heterocycles. The van der Waals surface area contributed by atoms with E-state index in [0.717, 1.165) is 30.5 Å². The molecule has 10 atom stereocenters. The molecule has 0 radical (unpaired) electrons. The van der Waals surface area contributed by atoms with Gasteiger partial charge in [0.1, 0.15) is 48.6 Å². The lowest BCUT2D eigenvalue weighted by Gasteiger charge is -2.44. The van der Waals surface area contributed by atoms with Gasteiger partial charge in [0.2, 0.25) is 18.4 Å². The highest BCUT2D eigenvalue weighted by Gasteiger charge is 2.52. The largest absolute Gasteiger partial charge is 0.497 e. The summed E-state index contributed by atoms with van der Waals surface area (Å²) in [6.07, 6.45) is -5.01. The Hall–Kier alpha value is -5.75. The minimum Gasteiger partial charge on any atom is -0.497 e. The predicted octanol–water partition coefficient (Wildman–Crippen LogP) is 7.04. The summed E-state index contributed by atoms with van der Waals surface area (Å²) in [5.41, 5.74) is 1.40. The third-order valence-electron chi connectivity index (χ3n) is 13.1. The van der Waals surface area contributed by atoms with Crippen LogP contribution in [-0.4, -0.2) is 150 Å². The van der Waals surface area contributed by atoms with E-state index in [1.165, 1.54) is 13.8 Å². The van der Waals surface area contributed by atoms with Crippen LogP contribution in [0.1, 0.15) is 97.8 Å². The number of rotatable bonds is 29. The molecule has 1 aliphatic heterocycles. The van der Waals surface area contributed by atoms with E-state index >= 15 is 0 Å².